The summed E-state index contributed by atoms with van der Waals surface area (Å²) in [6, 6.07) is 0. The van der Waals surface area contributed by atoms with Crippen LogP contribution in [0.2, 0.25) is 0 Å². The largest absolute Gasteiger partial charge is 0.385 e. The van der Waals surface area contributed by atoms with Gasteiger partial charge in [0.1, 0.15) is 0 Å². The van der Waals surface area contributed by atoms with E-state index in [1.54, 1.807) is 6.20 Å². The average Bonchev–Trinajstić information content (AvgIpc) is 2.66. The molecule has 2 heterocycles. The highest BCUT2D eigenvalue weighted by atomic mass is 16.5. The zero-order valence-electron chi connectivity index (χ0n) is 9.31. The summed E-state index contributed by atoms with van der Waals surface area (Å²) in [7, 11) is 0. The van der Waals surface area contributed by atoms with Crippen molar-refractivity contribution < 1.29 is 9.84 Å². The van der Waals surface area contributed by atoms with Crippen LogP contribution >= 0.6 is 0 Å². The Hall–Kier alpha value is -0.870. The lowest BCUT2D eigenvalue weighted by molar-refractivity contribution is -0.101. The first-order chi connectivity index (χ1) is 7.14. The highest BCUT2D eigenvalue weighted by Crippen LogP contribution is 2.34. The van der Waals surface area contributed by atoms with Gasteiger partial charge < -0.3 is 9.84 Å². The Morgan fingerprint density at radius 3 is 3.13 bits per heavy atom. The quantitative estimate of drug-likeness (QED) is 0.800. The molecule has 2 rings (SSSR count). The summed E-state index contributed by atoms with van der Waals surface area (Å²) in [6.07, 6.45) is 5.13. The SMILES string of the molecule is CCn1cc(C2(O)CCOC(C)C2)cn1. The van der Waals surface area contributed by atoms with Gasteiger partial charge in [0.05, 0.1) is 24.5 Å². The summed E-state index contributed by atoms with van der Waals surface area (Å²) in [5.74, 6) is 0. The van der Waals surface area contributed by atoms with E-state index in [1.807, 2.05) is 24.7 Å². The first kappa shape index (κ1) is 10.6. The Kier molecular flexibility index (Phi) is 2.80. The van der Waals surface area contributed by atoms with Gasteiger partial charge in [-0.15, -0.1) is 0 Å². The fourth-order valence-electron chi connectivity index (χ4n) is 2.10. The second-order valence-electron chi connectivity index (χ2n) is 4.25. The average molecular weight is 210 g/mol. The van der Waals surface area contributed by atoms with Crippen molar-refractivity contribution in [2.24, 2.45) is 0 Å². The van der Waals surface area contributed by atoms with Crippen LogP contribution in [-0.2, 0) is 16.9 Å². The molecular weight excluding hydrogens is 192 g/mol. The maximum Gasteiger partial charge on any atom is 0.0973 e. The number of rotatable bonds is 2. The summed E-state index contributed by atoms with van der Waals surface area (Å²) in [4.78, 5) is 0. The monoisotopic (exact) mass is 210 g/mol. The normalized spacial score (nSPS) is 31.8. The third-order valence-electron chi connectivity index (χ3n) is 3.04. The molecule has 84 valence electrons. The zero-order chi connectivity index (χ0) is 10.9. The van der Waals surface area contributed by atoms with E-state index in [4.69, 9.17) is 4.74 Å². The molecule has 1 aliphatic rings. The molecule has 4 heteroatoms. The van der Waals surface area contributed by atoms with Crippen molar-refractivity contribution in [2.75, 3.05) is 6.61 Å². The van der Waals surface area contributed by atoms with E-state index in [-0.39, 0.29) is 6.10 Å². The molecule has 1 aliphatic heterocycles. The lowest BCUT2D eigenvalue weighted by Gasteiger charge is -2.34. The van der Waals surface area contributed by atoms with Crippen LogP contribution in [0.4, 0.5) is 0 Å². The van der Waals surface area contributed by atoms with E-state index in [2.05, 4.69) is 5.10 Å². The van der Waals surface area contributed by atoms with Crippen LogP contribution in [0.1, 0.15) is 32.3 Å². The molecule has 0 amide bonds. The van der Waals surface area contributed by atoms with Gasteiger partial charge in [0.2, 0.25) is 0 Å². The van der Waals surface area contributed by atoms with Gasteiger partial charge in [0.25, 0.3) is 0 Å². The second kappa shape index (κ2) is 3.94. The molecule has 0 spiro atoms. The summed E-state index contributed by atoms with van der Waals surface area (Å²) in [5.41, 5.74) is 0.171. The van der Waals surface area contributed by atoms with Gasteiger partial charge in [-0.1, -0.05) is 0 Å². The first-order valence-corrected chi connectivity index (χ1v) is 5.51. The molecule has 2 atom stereocenters. The van der Waals surface area contributed by atoms with Crippen LogP contribution in [0.3, 0.4) is 0 Å². The summed E-state index contributed by atoms with van der Waals surface area (Å²) in [5, 5.41) is 14.7. The lowest BCUT2D eigenvalue weighted by Crippen LogP contribution is -2.37. The van der Waals surface area contributed by atoms with E-state index < -0.39 is 5.60 Å². The third kappa shape index (κ3) is 2.06. The summed E-state index contributed by atoms with van der Waals surface area (Å²) >= 11 is 0. The van der Waals surface area contributed by atoms with Crippen molar-refractivity contribution in [1.29, 1.82) is 0 Å². The number of aromatic nitrogens is 2. The van der Waals surface area contributed by atoms with E-state index in [0.717, 1.165) is 12.1 Å². The predicted octanol–water partition coefficient (Wildman–Crippen LogP) is 1.29. The Labute approximate surface area is 89.9 Å². The molecule has 1 fully saturated rings. The molecule has 1 saturated heterocycles. The second-order valence-corrected chi connectivity index (χ2v) is 4.25. The molecule has 0 aliphatic carbocycles. The Morgan fingerprint density at radius 2 is 2.53 bits per heavy atom. The van der Waals surface area contributed by atoms with Crippen molar-refractivity contribution in [3.8, 4) is 0 Å². The first-order valence-electron chi connectivity index (χ1n) is 5.51. The van der Waals surface area contributed by atoms with Gasteiger partial charge >= 0.3 is 0 Å². The van der Waals surface area contributed by atoms with E-state index in [9.17, 15) is 5.11 Å². The number of aryl methyl sites for hydroxylation is 1. The molecular formula is C11H18N2O2. The molecule has 4 nitrogen and oxygen atoms in total. The molecule has 1 aromatic heterocycles. The number of ether oxygens (including phenoxy) is 1. The minimum Gasteiger partial charge on any atom is -0.385 e. The Bertz CT molecular complexity index is 337. The topological polar surface area (TPSA) is 47.3 Å². The van der Waals surface area contributed by atoms with Crippen molar-refractivity contribution in [2.45, 2.75) is 44.9 Å². The fraction of sp³-hybridized carbons (Fsp3) is 0.727. The number of nitrogens with zero attached hydrogens (tertiary/aromatic N) is 2. The van der Waals surface area contributed by atoms with Crippen LogP contribution < -0.4 is 0 Å². The standard InChI is InChI=1S/C11H18N2O2/c1-3-13-8-10(7-12-13)11(14)4-5-15-9(2)6-11/h7-9,14H,3-6H2,1-2H3. The number of hydrogen-bond acceptors (Lipinski definition) is 3. The van der Waals surface area contributed by atoms with Crippen molar-refractivity contribution in [3.63, 3.8) is 0 Å². The minimum absolute atomic E-state index is 0.119. The molecule has 2 unspecified atom stereocenters. The van der Waals surface area contributed by atoms with Crippen molar-refractivity contribution >= 4 is 0 Å². The van der Waals surface area contributed by atoms with Gasteiger partial charge in [-0.25, -0.2) is 0 Å². The van der Waals surface area contributed by atoms with Crippen LogP contribution in [0.25, 0.3) is 0 Å². The highest BCUT2D eigenvalue weighted by Gasteiger charge is 2.35. The highest BCUT2D eigenvalue weighted by molar-refractivity contribution is 5.16. The molecule has 15 heavy (non-hydrogen) atoms. The third-order valence-corrected chi connectivity index (χ3v) is 3.04. The van der Waals surface area contributed by atoms with E-state index in [1.165, 1.54) is 0 Å². The maximum absolute atomic E-state index is 10.5. The van der Waals surface area contributed by atoms with Crippen LogP contribution in [-0.4, -0.2) is 27.6 Å². The van der Waals surface area contributed by atoms with Crippen LogP contribution in [0.15, 0.2) is 12.4 Å². The lowest BCUT2D eigenvalue weighted by atomic mass is 9.86. The van der Waals surface area contributed by atoms with Gasteiger partial charge in [-0.3, -0.25) is 4.68 Å². The Balaban J connectivity index is 2.20. The van der Waals surface area contributed by atoms with Crippen LogP contribution in [0, 0.1) is 0 Å². The zero-order valence-corrected chi connectivity index (χ0v) is 9.31. The fourth-order valence-corrected chi connectivity index (χ4v) is 2.10. The van der Waals surface area contributed by atoms with Crippen LogP contribution in [0.5, 0.6) is 0 Å². The molecule has 0 bridgehead atoms. The molecule has 0 saturated carbocycles. The minimum atomic E-state index is -0.745. The molecule has 1 aromatic rings. The van der Waals surface area contributed by atoms with E-state index >= 15 is 0 Å². The summed E-state index contributed by atoms with van der Waals surface area (Å²) < 4.78 is 7.28. The van der Waals surface area contributed by atoms with Gasteiger partial charge in [0, 0.05) is 31.1 Å². The maximum atomic E-state index is 10.5. The molecule has 0 radical (unpaired) electrons. The van der Waals surface area contributed by atoms with Crippen molar-refractivity contribution in [3.05, 3.63) is 18.0 Å². The van der Waals surface area contributed by atoms with Gasteiger partial charge in [-0.05, 0) is 13.8 Å². The number of aliphatic hydroxyl groups is 1. The predicted molar refractivity (Wildman–Crippen MR) is 56.4 cm³/mol. The van der Waals surface area contributed by atoms with Gasteiger partial charge in [0.15, 0.2) is 0 Å². The smallest absolute Gasteiger partial charge is 0.0973 e. The van der Waals surface area contributed by atoms with E-state index in [0.29, 0.717) is 19.4 Å². The van der Waals surface area contributed by atoms with Crippen molar-refractivity contribution in [1.82, 2.24) is 9.78 Å². The molecule has 0 aromatic carbocycles. The summed E-state index contributed by atoms with van der Waals surface area (Å²) in [6.45, 7) is 5.49. The number of hydrogen-bond donors (Lipinski definition) is 1. The Morgan fingerprint density at radius 1 is 1.73 bits per heavy atom. The molecule has 1 N–H and O–H groups in total. The van der Waals surface area contributed by atoms with Gasteiger partial charge in [-0.2, -0.15) is 5.10 Å².